The lowest BCUT2D eigenvalue weighted by atomic mass is 10.0. The van der Waals surface area contributed by atoms with Crippen molar-refractivity contribution in [2.24, 2.45) is 11.7 Å². The summed E-state index contributed by atoms with van der Waals surface area (Å²) < 4.78 is 5.34. The second kappa shape index (κ2) is 7.79. The second-order valence-corrected chi connectivity index (χ2v) is 4.99. The zero-order valence-corrected chi connectivity index (χ0v) is 12.0. The van der Waals surface area contributed by atoms with E-state index in [1.54, 1.807) is 24.3 Å². The predicted molar refractivity (Wildman–Crippen MR) is 77.4 cm³/mol. The van der Waals surface area contributed by atoms with E-state index in [4.69, 9.17) is 10.5 Å². The Morgan fingerprint density at radius 3 is 2.42 bits per heavy atom. The summed E-state index contributed by atoms with van der Waals surface area (Å²) in [7, 11) is 0. The molecule has 0 aliphatic heterocycles. The van der Waals surface area contributed by atoms with Crippen molar-refractivity contribution >= 4 is 5.91 Å². The van der Waals surface area contributed by atoms with Crippen molar-refractivity contribution < 1.29 is 9.53 Å². The summed E-state index contributed by atoms with van der Waals surface area (Å²) in [6.07, 6.45) is 0.888. The molecular weight excluding hydrogens is 240 g/mol. The molecule has 0 heterocycles. The summed E-state index contributed by atoms with van der Waals surface area (Å²) in [6.45, 7) is 7.24. The van der Waals surface area contributed by atoms with Gasteiger partial charge in [-0.05, 0) is 43.5 Å². The first-order chi connectivity index (χ1) is 9.06. The van der Waals surface area contributed by atoms with E-state index in [0.717, 1.165) is 12.2 Å². The van der Waals surface area contributed by atoms with Crippen LogP contribution in [0.25, 0.3) is 0 Å². The van der Waals surface area contributed by atoms with Gasteiger partial charge in [0.05, 0.1) is 6.61 Å². The SMILES string of the molecule is CCOc1ccc(C(=O)NC(CN)CC(C)C)cc1. The Kier molecular flexibility index (Phi) is 6.36. The molecule has 19 heavy (non-hydrogen) atoms. The molecule has 4 heteroatoms. The minimum absolute atomic E-state index is 0.0269. The summed E-state index contributed by atoms with van der Waals surface area (Å²) in [6, 6.07) is 7.17. The third-order valence-electron chi connectivity index (χ3n) is 2.80. The molecule has 1 aromatic carbocycles. The molecule has 0 aliphatic rings. The highest BCUT2D eigenvalue weighted by molar-refractivity contribution is 5.94. The number of carbonyl (C=O) groups excluding carboxylic acids is 1. The van der Waals surface area contributed by atoms with E-state index in [-0.39, 0.29) is 11.9 Å². The third-order valence-corrected chi connectivity index (χ3v) is 2.80. The Morgan fingerprint density at radius 2 is 1.95 bits per heavy atom. The summed E-state index contributed by atoms with van der Waals surface area (Å²) in [5, 5.41) is 2.96. The first-order valence-corrected chi connectivity index (χ1v) is 6.80. The van der Waals surface area contributed by atoms with Crippen molar-refractivity contribution in [1.82, 2.24) is 5.32 Å². The quantitative estimate of drug-likeness (QED) is 0.793. The van der Waals surface area contributed by atoms with Crippen molar-refractivity contribution in [2.45, 2.75) is 33.2 Å². The van der Waals surface area contributed by atoms with Crippen LogP contribution in [0.1, 0.15) is 37.6 Å². The highest BCUT2D eigenvalue weighted by Crippen LogP contribution is 2.12. The maximum atomic E-state index is 12.1. The molecule has 1 aromatic rings. The van der Waals surface area contributed by atoms with E-state index in [0.29, 0.717) is 24.6 Å². The lowest BCUT2D eigenvalue weighted by Gasteiger charge is -2.18. The van der Waals surface area contributed by atoms with Gasteiger partial charge in [0.1, 0.15) is 5.75 Å². The monoisotopic (exact) mass is 264 g/mol. The lowest BCUT2D eigenvalue weighted by molar-refractivity contribution is 0.0933. The van der Waals surface area contributed by atoms with E-state index >= 15 is 0 Å². The molecular formula is C15H24N2O2. The van der Waals surface area contributed by atoms with Gasteiger partial charge < -0.3 is 15.8 Å². The van der Waals surface area contributed by atoms with Crippen LogP contribution in [0, 0.1) is 5.92 Å². The highest BCUT2D eigenvalue weighted by Gasteiger charge is 2.13. The average molecular weight is 264 g/mol. The normalized spacial score (nSPS) is 12.3. The van der Waals surface area contributed by atoms with Crippen LogP contribution in [-0.2, 0) is 0 Å². The minimum atomic E-state index is -0.0841. The molecule has 4 nitrogen and oxygen atoms in total. The molecule has 1 rings (SSSR count). The zero-order valence-electron chi connectivity index (χ0n) is 12.0. The van der Waals surface area contributed by atoms with E-state index in [1.807, 2.05) is 6.92 Å². The largest absolute Gasteiger partial charge is 0.494 e. The molecule has 0 radical (unpaired) electrons. The van der Waals surface area contributed by atoms with Gasteiger partial charge in [0.2, 0.25) is 0 Å². The molecule has 0 aliphatic carbocycles. The van der Waals surface area contributed by atoms with Crippen LogP contribution in [0.2, 0.25) is 0 Å². The first-order valence-electron chi connectivity index (χ1n) is 6.80. The minimum Gasteiger partial charge on any atom is -0.494 e. The number of hydrogen-bond acceptors (Lipinski definition) is 3. The Labute approximate surface area is 115 Å². The number of amides is 1. The Hall–Kier alpha value is -1.55. The zero-order chi connectivity index (χ0) is 14.3. The van der Waals surface area contributed by atoms with Crippen molar-refractivity contribution in [3.05, 3.63) is 29.8 Å². The standard InChI is InChI=1S/C15H24N2O2/c1-4-19-14-7-5-12(6-8-14)15(18)17-13(10-16)9-11(2)3/h5-8,11,13H,4,9-10,16H2,1-3H3,(H,17,18). The predicted octanol–water partition coefficient (Wildman–Crippen LogP) is 2.19. The van der Waals surface area contributed by atoms with Gasteiger partial charge in [0.25, 0.3) is 5.91 Å². The molecule has 1 atom stereocenters. The molecule has 0 bridgehead atoms. The number of nitrogens with two attached hydrogens (primary N) is 1. The number of benzene rings is 1. The highest BCUT2D eigenvalue weighted by atomic mass is 16.5. The molecule has 1 amide bonds. The Morgan fingerprint density at radius 1 is 1.32 bits per heavy atom. The number of nitrogens with one attached hydrogen (secondary N) is 1. The van der Waals surface area contributed by atoms with Crippen LogP contribution in [0.5, 0.6) is 5.75 Å². The fourth-order valence-electron chi connectivity index (χ4n) is 1.92. The van der Waals surface area contributed by atoms with Gasteiger partial charge in [-0.15, -0.1) is 0 Å². The molecule has 0 saturated carbocycles. The third kappa shape index (κ3) is 5.30. The van der Waals surface area contributed by atoms with Crippen LogP contribution >= 0.6 is 0 Å². The summed E-state index contributed by atoms with van der Waals surface area (Å²) in [5.41, 5.74) is 6.31. The van der Waals surface area contributed by atoms with Crippen molar-refractivity contribution in [1.29, 1.82) is 0 Å². The molecule has 0 saturated heterocycles. The van der Waals surface area contributed by atoms with E-state index in [2.05, 4.69) is 19.2 Å². The van der Waals surface area contributed by atoms with Gasteiger partial charge in [0, 0.05) is 18.2 Å². The molecule has 106 valence electrons. The van der Waals surface area contributed by atoms with Gasteiger partial charge in [-0.25, -0.2) is 0 Å². The van der Waals surface area contributed by atoms with Gasteiger partial charge in [-0.2, -0.15) is 0 Å². The van der Waals surface area contributed by atoms with Gasteiger partial charge in [0.15, 0.2) is 0 Å². The average Bonchev–Trinajstić information content (AvgIpc) is 2.38. The maximum Gasteiger partial charge on any atom is 0.251 e. The van der Waals surface area contributed by atoms with Gasteiger partial charge >= 0.3 is 0 Å². The summed E-state index contributed by atoms with van der Waals surface area (Å²) in [4.78, 5) is 12.1. The van der Waals surface area contributed by atoms with Crippen LogP contribution < -0.4 is 15.8 Å². The smallest absolute Gasteiger partial charge is 0.251 e. The molecule has 1 unspecified atom stereocenters. The number of rotatable bonds is 7. The van der Waals surface area contributed by atoms with Crippen LogP contribution in [0.3, 0.4) is 0 Å². The van der Waals surface area contributed by atoms with Gasteiger partial charge in [-0.3, -0.25) is 4.79 Å². The van der Waals surface area contributed by atoms with Crippen molar-refractivity contribution in [2.75, 3.05) is 13.2 Å². The topological polar surface area (TPSA) is 64.3 Å². The van der Waals surface area contributed by atoms with Crippen molar-refractivity contribution in [3.63, 3.8) is 0 Å². The van der Waals surface area contributed by atoms with E-state index in [1.165, 1.54) is 0 Å². The molecule has 3 N–H and O–H groups in total. The van der Waals surface area contributed by atoms with Crippen LogP contribution in [0.15, 0.2) is 24.3 Å². The van der Waals surface area contributed by atoms with Crippen LogP contribution in [0.4, 0.5) is 0 Å². The van der Waals surface area contributed by atoms with E-state index < -0.39 is 0 Å². The van der Waals surface area contributed by atoms with E-state index in [9.17, 15) is 4.79 Å². The second-order valence-electron chi connectivity index (χ2n) is 4.99. The fraction of sp³-hybridized carbons (Fsp3) is 0.533. The molecule has 0 fully saturated rings. The Balaban J connectivity index is 2.61. The summed E-state index contributed by atoms with van der Waals surface area (Å²) >= 11 is 0. The first kappa shape index (κ1) is 15.5. The molecule has 0 spiro atoms. The van der Waals surface area contributed by atoms with Gasteiger partial charge in [-0.1, -0.05) is 13.8 Å². The number of hydrogen-bond donors (Lipinski definition) is 2. The van der Waals surface area contributed by atoms with Crippen LogP contribution in [-0.4, -0.2) is 25.1 Å². The Bertz CT molecular complexity index is 388. The number of carbonyl (C=O) groups is 1. The maximum absolute atomic E-state index is 12.1. The lowest BCUT2D eigenvalue weighted by Crippen LogP contribution is -2.41. The van der Waals surface area contributed by atoms with Crippen molar-refractivity contribution in [3.8, 4) is 5.75 Å². The number of ether oxygens (including phenoxy) is 1. The summed E-state index contributed by atoms with van der Waals surface area (Å²) in [5.74, 6) is 1.20. The molecule has 0 aromatic heterocycles. The fourth-order valence-corrected chi connectivity index (χ4v) is 1.92.